The fourth-order valence-electron chi connectivity index (χ4n) is 9.37. The lowest BCUT2D eigenvalue weighted by Crippen LogP contribution is -2.79. The maximum atomic E-state index is 14.5. The summed E-state index contributed by atoms with van der Waals surface area (Å²) in [6.07, 6.45) is 6.10. The van der Waals surface area contributed by atoms with E-state index in [1.54, 1.807) is 11.2 Å². The molecule has 0 aromatic heterocycles. The van der Waals surface area contributed by atoms with Crippen LogP contribution in [0.1, 0.15) is 59.4 Å². The highest BCUT2D eigenvalue weighted by Crippen LogP contribution is 2.73. The molecule has 1 aromatic rings. The van der Waals surface area contributed by atoms with Crippen LogP contribution in [0.2, 0.25) is 0 Å². The van der Waals surface area contributed by atoms with Gasteiger partial charge in [-0.05, 0) is 74.6 Å². The van der Waals surface area contributed by atoms with Crippen molar-refractivity contribution in [1.29, 1.82) is 0 Å². The summed E-state index contributed by atoms with van der Waals surface area (Å²) >= 11 is 0. The van der Waals surface area contributed by atoms with Crippen molar-refractivity contribution in [3.05, 3.63) is 30.0 Å². The Hall–Kier alpha value is -2.54. The van der Waals surface area contributed by atoms with Crippen LogP contribution in [0.25, 0.3) is 0 Å². The summed E-state index contributed by atoms with van der Waals surface area (Å²) in [5.74, 6) is 2.16. The van der Waals surface area contributed by atoms with Crippen LogP contribution in [-0.2, 0) is 15.0 Å². The summed E-state index contributed by atoms with van der Waals surface area (Å²) in [6.45, 7) is 12.6. The number of piperidine rings is 2. The van der Waals surface area contributed by atoms with Gasteiger partial charge in [-0.2, -0.15) is 0 Å². The molecule has 0 N–H and O–H groups in total. The minimum Gasteiger partial charge on any atom is -0.480 e. The van der Waals surface area contributed by atoms with Crippen LogP contribution < -0.4 is 14.4 Å². The molecule has 7 aliphatic rings. The van der Waals surface area contributed by atoms with E-state index in [0.717, 1.165) is 37.2 Å². The Morgan fingerprint density at radius 3 is 2.56 bits per heavy atom. The fraction of sp³-hybridized carbons (Fsp3) is 0.655. The number of hydrogen-bond acceptors (Lipinski definition) is 5. The van der Waals surface area contributed by atoms with Crippen LogP contribution in [0.5, 0.6) is 11.5 Å². The zero-order valence-electron chi connectivity index (χ0n) is 22.5. The molecule has 4 saturated heterocycles. The van der Waals surface area contributed by atoms with Gasteiger partial charge in [-0.15, -0.1) is 0 Å². The van der Waals surface area contributed by atoms with Crippen molar-refractivity contribution in [3.8, 4) is 11.5 Å². The maximum absolute atomic E-state index is 14.5. The van der Waals surface area contributed by atoms with E-state index >= 15 is 0 Å². The first kappa shape index (κ1) is 22.6. The molecule has 5 fully saturated rings. The molecule has 1 aliphatic carbocycles. The number of carbonyl (C=O) groups excluding carboxylic acids is 2. The van der Waals surface area contributed by atoms with Gasteiger partial charge in [-0.1, -0.05) is 26.8 Å². The first-order valence-corrected chi connectivity index (χ1v) is 13.4. The smallest absolute Gasteiger partial charge is 0.243 e. The lowest BCUT2D eigenvalue weighted by atomic mass is 9.56. The number of likely N-dealkylation sites (N-methyl/N-ethyl adjacent to an activating group) is 2. The van der Waals surface area contributed by atoms with Gasteiger partial charge in [-0.3, -0.25) is 14.5 Å². The highest BCUT2D eigenvalue weighted by molar-refractivity contribution is 6.11. The zero-order chi connectivity index (χ0) is 25.6. The van der Waals surface area contributed by atoms with E-state index in [9.17, 15) is 9.59 Å². The number of ether oxygens (including phenoxy) is 2. The third-order valence-electron chi connectivity index (χ3n) is 11.3. The molecule has 7 nitrogen and oxygen atoms in total. The first-order valence-electron chi connectivity index (χ1n) is 13.4. The average molecular weight is 492 g/mol. The Morgan fingerprint density at radius 1 is 1.06 bits per heavy atom. The molecule has 2 bridgehead atoms. The predicted octanol–water partition coefficient (Wildman–Crippen LogP) is 3.71. The second-order valence-electron chi connectivity index (χ2n) is 13.3. The number of rotatable bonds is 0. The Balaban J connectivity index is 1.44. The molecule has 1 aromatic carbocycles. The average Bonchev–Trinajstić information content (AvgIpc) is 3.27. The van der Waals surface area contributed by atoms with Crippen LogP contribution in [0.15, 0.2) is 24.5 Å². The largest absolute Gasteiger partial charge is 0.480 e. The Labute approximate surface area is 213 Å². The van der Waals surface area contributed by atoms with Gasteiger partial charge in [0, 0.05) is 20.6 Å². The monoisotopic (exact) mass is 491 g/mol. The van der Waals surface area contributed by atoms with Crippen molar-refractivity contribution in [1.82, 2.24) is 9.80 Å². The van der Waals surface area contributed by atoms with E-state index in [1.165, 1.54) is 0 Å². The molecule has 3 spiro atoms. The fourth-order valence-corrected chi connectivity index (χ4v) is 9.37. The molecule has 7 heteroatoms. The third kappa shape index (κ3) is 2.15. The van der Waals surface area contributed by atoms with Crippen LogP contribution in [-0.4, -0.2) is 65.5 Å². The molecule has 5 atom stereocenters. The Bertz CT molecular complexity index is 1270. The van der Waals surface area contributed by atoms with E-state index < -0.39 is 16.6 Å². The van der Waals surface area contributed by atoms with Gasteiger partial charge in [0.05, 0.1) is 22.9 Å². The summed E-state index contributed by atoms with van der Waals surface area (Å²) in [6, 6.07) is 4.06. The normalized spacial score (nSPS) is 41.1. The minimum atomic E-state index is -0.741. The number of anilines is 1. The summed E-state index contributed by atoms with van der Waals surface area (Å²) in [5, 5.41) is 0. The lowest BCUT2D eigenvalue weighted by molar-refractivity contribution is -0.189. The topological polar surface area (TPSA) is 62.3 Å². The first-order chi connectivity index (χ1) is 16.8. The number of amides is 2. The summed E-state index contributed by atoms with van der Waals surface area (Å²) < 4.78 is 12.4. The van der Waals surface area contributed by atoms with Crippen LogP contribution >= 0.6 is 0 Å². The van der Waals surface area contributed by atoms with Crippen LogP contribution in [0.3, 0.4) is 0 Å². The highest BCUT2D eigenvalue weighted by atomic mass is 16.5. The van der Waals surface area contributed by atoms with Gasteiger partial charge < -0.3 is 19.3 Å². The van der Waals surface area contributed by atoms with Crippen molar-refractivity contribution >= 4 is 17.5 Å². The van der Waals surface area contributed by atoms with E-state index in [0.29, 0.717) is 23.8 Å². The second-order valence-corrected chi connectivity index (χ2v) is 13.3. The van der Waals surface area contributed by atoms with Crippen molar-refractivity contribution in [2.45, 2.75) is 76.0 Å². The van der Waals surface area contributed by atoms with E-state index in [-0.39, 0.29) is 28.7 Å². The van der Waals surface area contributed by atoms with Crippen molar-refractivity contribution < 1.29 is 19.1 Å². The molecule has 1 saturated carbocycles. The zero-order valence-corrected chi connectivity index (χ0v) is 22.5. The molecule has 192 valence electrons. The molecule has 8 rings (SSSR count). The van der Waals surface area contributed by atoms with Gasteiger partial charge >= 0.3 is 0 Å². The minimum absolute atomic E-state index is 0.103. The predicted molar refractivity (Wildman–Crippen MR) is 136 cm³/mol. The van der Waals surface area contributed by atoms with Crippen molar-refractivity contribution in [2.75, 3.05) is 32.1 Å². The van der Waals surface area contributed by atoms with E-state index in [2.05, 4.69) is 36.6 Å². The quantitative estimate of drug-likeness (QED) is 0.554. The molecular weight excluding hydrogens is 454 g/mol. The molecule has 0 unspecified atom stereocenters. The summed E-state index contributed by atoms with van der Waals surface area (Å²) in [5.41, 5.74) is -0.585. The van der Waals surface area contributed by atoms with Gasteiger partial charge in [0.15, 0.2) is 11.5 Å². The number of benzene rings is 1. The molecule has 2 amide bonds. The third-order valence-corrected chi connectivity index (χ3v) is 11.3. The SMILES string of the molecule is C[C@H]1CCN2C[C@]34C[C@@]5(C(=O)N(C)c6c5ccc5c6OC=CC(C)(C)O5)C(C)(C)[C@@H]3C[C@]12C(=O)N4C. The number of piperazine rings is 1. The second kappa shape index (κ2) is 6.29. The summed E-state index contributed by atoms with van der Waals surface area (Å²) in [7, 11) is 3.86. The van der Waals surface area contributed by atoms with Crippen molar-refractivity contribution in [3.63, 3.8) is 0 Å². The number of nitrogens with zero attached hydrogens (tertiary/aromatic N) is 3. The van der Waals surface area contributed by atoms with Gasteiger partial charge in [0.25, 0.3) is 0 Å². The lowest BCUT2D eigenvalue weighted by Gasteiger charge is -2.65. The summed E-state index contributed by atoms with van der Waals surface area (Å²) in [4.78, 5) is 34.8. The molecule has 0 radical (unpaired) electrons. The van der Waals surface area contributed by atoms with Crippen molar-refractivity contribution in [2.24, 2.45) is 17.3 Å². The molecular formula is C29H37N3O4. The molecule has 36 heavy (non-hydrogen) atoms. The molecule has 6 aliphatic heterocycles. The Kier molecular flexibility index (Phi) is 3.96. The van der Waals surface area contributed by atoms with E-state index in [1.807, 2.05) is 40.1 Å². The van der Waals surface area contributed by atoms with Gasteiger partial charge in [0.1, 0.15) is 11.1 Å². The maximum Gasteiger partial charge on any atom is 0.243 e. The molecule has 6 heterocycles. The highest BCUT2D eigenvalue weighted by Gasteiger charge is 2.80. The Morgan fingerprint density at radius 2 is 1.81 bits per heavy atom. The van der Waals surface area contributed by atoms with Gasteiger partial charge in [-0.25, -0.2) is 0 Å². The van der Waals surface area contributed by atoms with Crippen LogP contribution in [0, 0.1) is 17.3 Å². The van der Waals surface area contributed by atoms with Gasteiger partial charge in [0.2, 0.25) is 11.8 Å². The van der Waals surface area contributed by atoms with E-state index in [4.69, 9.17) is 9.47 Å². The number of hydrogen-bond donors (Lipinski definition) is 0. The number of fused-ring (bicyclic) bond motifs is 5. The standard InChI is InChI=1S/C29H37N3O4/c1-17-10-12-32-16-27-15-28(26(4,5)20(27)14-29(17,32)24(34)31(27)7)18-8-9-19-22(21(18)30(6)23(28)33)35-13-11-25(2,3)36-19/h8-9,11,13,17,20H,10,12,14-16H2,1-7H3/t17-,20-,27+,28+,29+/m0/s1. The number of carbonyl (C=O) groups is 2. The van der Waals surface area contributed by atoms with Crippen LogP contribution in [0.4, 0.5) is 5.69 Å².